The molecule has 0 saturated carbocycles. The van der Waals surface area contributed by atoms with Gasteiger partial charge in [-0.15, -0.1) is 0 Å². The molecule has 0 N–H and O–H groups in total. The van der Waals surface area contributed by atoms with E-state index >= 15 is 0 Å². The molecule has 0 unspecified atom stereocenters. The van der Waals surface area contributed by atoms with Crippen molar-refractivity contribution in [3.63, 3.8) is 0 Å². The van der Waals surface area contributed by atoms with Crippen LogP contribution in [0.4, 0.5) is 0 Å². The van der Waals surface area contributed by atoms with Crippen molar-refractivity contribution in [2.75, 3.05) is 0 Å². The molecule has 0 aliphatic heterocycles. The zero-order valence-electron chi connectivity index (χ0n) is 13.3. The summed E-state index contributed by atoms with van der Waals surface area (Å²) in [6.07, 6.45) is 0. The van der Waals surface area contributed by atoms with Crippen LogP contribution in [-0.2, 0) is 0 Å². The molecule has 0 aliphatic rings. The fourth-order valence-electron chi connectivity index (χ4n) is 2.95. The van der Waals surface area contributed by atoms with E-state index < -0.39 is 0 Å². The van der Waals surface area contributed by atoms with Crippen molar-refractivity contribution in [3.05, 3.63) is 109 Å². The average Bonchev–Trinajstić information content (AvgIpc) is 2.70. The first-order valence-electron chi connectivity index (χ1n) is 8.13. The smallest absolute Gasteiger partial charge is 0.00992 e. The highest BCUT2D eigenvalue weighted by atomic mass is 14.1. The van der Waals surface area contributed by atoms with Gasteiger partial charge >= 0.3 is 0 Å². The molecule has 0 aromatic heterocycles. The Morgan fingerprint density at radius 1 is 0.417 bits per heavy atom. The average molecular weight is 305 g/mol. The van der Waals surface area contributed by atoms with Crippen LogP contribution in [0.2, 0.25) is 0 Å². The summed E-state index contributed by atoms with van der Waals surface area (Å²) in [4.78, 5) is 0. The molecule has 0 amide bonds. The number of rotatable bonds is 3. The van der Waals surface area contributed by atoms with Gasteiger partial charge in [0.2, 0.25) is 0 Å². The topological polar surface area (TPSA) is 0 Å². The Morgan fingerprint density at radius 3 is 1.62 bits per heavy atom. The van der Waals surface area contributed by atoms with Crippen molar-refractivity contribution < 1.29 is 0 Å². The maximum absolute atomic E-state index is 3.30. The van der Waals surface area contributed by atoms with Gasteiger partial charge < -0.3 is 0 Å². The third kappa shape index (κ3) is 3.00. The molecule has 4 aromatic rings. The summed E-state index contributed by atoms with van der Waals surface area (Å²) in [5.74, 6) is 0. The van der Waals surface area contributed by atoms with Crippen molar-refractivity contribution in [3.8, 4) is 33.4 Å². The van der Waals surface area contributed by atoms with Gasteiger partial charge in [-0.1, -0.05) is 91.0 Å². The van der Waals surface area contributed by atoms with Crippen LogP contribution in [0.3, 0.4) is 0 Å². The molecule has 0 heteroatoms. The molecule has 4 rings (SSSR count). The van der Waals surface area contributed by atoms with Gasteiger partial charge in [-0.25, -0.2) is 0 Å². The zero-order chi connectivity index (χ0) is 16.2. The quantitative estimate of drug-likeness (QED) is 0.406. The Morgan fingerprint density at radius 2 is 0.958 bits per heavy atom. The van der Waals surface area contributed by atoms with E-state index in [0.717, 1.165) is 5.56 Å². The molecule has 0 heterocycles. The van der Waals surface area contributed by atoms with Crippen molar-refractivity contribution in [2.24, 2.45) is 0 Å². The first-order chi connectivity index (χ1) is 11.9. The van der Waals surface area contributed by atoms with Crippen LogP contribution in [0.5, 0.6) is 0 Å². The minimum atomic E-state index is 1.12. The molecule has 113 valence electrons. The number of hydrogen-bond acceptors (Lipinski definition) is 0. The van der Waals surface area contributed by atoms with Crippen molar-refractivity contribution in [1.29, 1.82) is 0 Å². The largest absolute Gasteiger partial charge is 0.0622 e. The van der Waals surface area contributed by atoms with Crippen LogP contribution in [-0.4, -0.2) is 0 Å². The minimum absolute atomic E-state index is 1.12. The van der Waals surface area contributed by atoms with Crippen molar-refractivity contribution in [2.45, 2.75) is 0 Å². The summed E-state index contributed by atoms with van der Waals surface area (Å²) in [5, 5.41) is 0. The van der Waals surface area contributed by atoms with Crippen LogP contribution >= 0.6 is 0 Å². The highest BCUT2D eigenvalue weighted by Gasteiger charge is 2.03. The lowest BCUT2D eigenvalue weighted by Gasteiger charge is -2.08. The summed E-state index contributed by atoms with van der Waals surface area (Å²) in [7, 11) is 0. The standard InChI is InChI=1S/C24H17/c1-3-9-19(10-4-1)21-13-7-15-23(17-21)24-16-8-14-22(18-24)20-11-5-2-6-12-20/h1-11,13-18H. The Labute approximate surface area is 143 Å². The van der Waals surface area contributed by atoms with E-state index in [0.29, 0.717) is 0 Å². The van der Waals surface area contributed by atoms with Gasteiger partial charge in [0.15, 0.2) is 0 Å². The van der Waals surface area contributed by atoms with Gasteiger partial charge in [0, 0.05) is 0 Å². The Kier molecular flexibility index (Phi) is 3.95. The maximum Gasteiger partial charge on any atom is -0.00992 e. The van der Waals surface area contributed by atoms with E-state index in [2.05, 4.69) is 91.0 Å². The van der Waals surface area contributed by atoms with Gasteiger partial charge in [-0.2, -0.15) is 0 Å². The number of hydrogen-bond donors (Lipinski definition) is 0. The summed E-state index contributed by atoms with van der Waals surface area (Å²) >= 11 is 0. The molecule has 1 radical (unpaired) electrons. The summed E-state index contributed by atoms with van der Waals surface area (Å²) in [5.41, 5.74) is 7.25. The third-order valence-corrected chi connectivity index (χ3v) is 4.19. The highest BCUT2D eigenvalue weighted by molar-refractivity contribution is 5.76. The van der Waals surface area contributed by atoms with Gasteiger partial charge in [-0.3, -0.25) is 0 Å². The van der Waals surface area contributed by atoms with E-state index in [1.165, 1.54) is 27.8 Å². The molecule has 0 aliphatic carbocycles. The zero-order valence-corrected chi connectivity index (χ0v) is 13.3. The van der Waals surface area contributed by atoms with Crippen molar-refractivity contribution in [1.82, 2.24) is 0 Å². The molecule has 0 spiro atoms. The summed E-state index contributed by atoms with van der Waals surface area (Å²) < 4.78 is 0. The second kappa shape index (κ2) is 6.55. The second-order valence-electron chi connectivity index (χ2n) is 5.80. The predicted molar refractivity (Wildman–Crippen MR) is 102 cm³/mol. The van der Waals surface area contributed by atoms with Crippen LogP contribution in [0.1, 0.15) is 0 Å². The monoisotopic (exact) mass is 305 g/mol. The molecular weight excluding hydrogens is 288 g/mol. The first kappa shape index (κ1) is 14.5. The Balaban J connectivity index is 1.75. The lowest BCUT2D eigenvalue weighted by molar-refractivity contribution is 1.57. The summed E-state index contributed by atoms with van der Waals surface area (Å²) in [6, 6.07) is 39.2. The van der Waals surface area contributed by atoms with Gasteiger partial charge in [0.25, 0.3) is 0 Å². The van der Waals surface area contributed by atoms with Crippen LogP contribution in [0.15, 0.2) is 103 Å². The second-order valence-corrected chi connectivity index (χ2v) is 5.80. The molecule has 24 heavy (non-hydrogen) atoms. The van der Waals surface area contributed by atoms with E-state index in [1.807, 2.05) is 18.2 Å². The van der Waals surface area contributed by atoms with Gasteiger partial charge in [0.05, 0.1) is 0 Å². The lowest BCUT2D eigenvalue weighted by atomic mass is 9.96. The SMILES string of the molecule is [c]1ccccc1-c1cccc(-c2cccc(-c3ccccc3)c2)c1. The fraction of sp³-hybridized carbons (Fsp3) is 0. The lowest BCUT2D eigenvalue weighted by Crippen LogP contribution is -1.83. The van der Waals surface area contributed by atoms with Crippen LogP contribution < -0.4 is 0 Å². The van der Waals surface area contributed by atoms with Gasteiger partial charge in [-0.05, 0) is 51.6 Å². The molecule has 4 aromatic carbocycles. The Bertz CT molecular complexity index is 857. The predicted octanol–water partition coefficient (Wildman–Crippen LogP) is 6.49. The molecule has 0 saturated heterocycles. The molecule has 0 fully saturated rings. The van der Waals surface area contributed by atoms with Crippen LogP contribution in [0.25, 0.3) is 33.4 Å². The van der Waals surface area contributed by atoms with E-state index in [-0.39, 0.29) is 0 Å². The maximum atomic E-state index is 3.30. The van der Waals surface area contributed by atoms with Crippen molar-refractivity contribution >= 4 is 0 Å². The summed E-state index contributed by atoms with van der Waals surface area (Å²) in [6.45, 7) is 0. The van der Waals surface area contributed by atoms with Gasteiger partial charge in [0.1, 0.15) is 0 Å². The normalized spacial score (nSPS) is 10.5. The Hall–Kier alpha value is -3.12. The number of benzene rings is 4. The molecular formula is C24H17. The highest BCUT2D eigenvalue weighted by Crippen LogP contribution is 2.29. The third-order valence-electron chi connectivity index (χ3n) is 4.19. The van der Waals surface area contributed by atoms with Crippen LogP contribution in [0, 0.1) is 6.07 Å². The van der Waals surface area contributed by atoms with E-state index in [4.69, 9.17) is 0 Å². The molecule has 0 nitrogen and oxygen atoms in total. The fourth-order valence-corrected chi connectivity index (χ4v) is 2.95. The minimum Gasteiger partial charge on any atom is -0.0622 e. The molecule has 0 atom stereocenters. The van der Waals surface area contributed by atoms with E-state index in [9.17, 15) is 0 Å². The molecule has 0 bridgehead atoms. The van der Waals surface area contributed by atoms with E-state index in [1.54, 1.807) is 0 Å². The first-order valence-corrected chi connectivity index (χ1v) is 8.13.